The Morgan fingerprint density at radius 1 is 1.29 bits per heavy atom. The number of halogens is 1. The zero-order chi connectivity index (χ0) is 19.7. The number of nitrogens with zero attached hydrogens (tertiary/aromatic N) is 2. The van der Waals surface area contributed by atoms with Gasteiger partial charge in [-0.15, -0.1) is 0 Å². The molecule has 1 aliphatic rings. The normalized spacial score (nSPS) is 18.2. The fraction of sp³-hybridized carbons (Fsp3) is 0.263. The van der Waals surface area contributed by atoms with Gasteiger partial charge in [-0.25, -0.2) is 12.8 Å². The van der Waals surface area contributed by atoms with Crippen LogP contribution in [0.15, 0.2) is 53.1 Å². The molecule has 9 heteroatoms. The lowest BCUT2D eigenvalue weighted by Crippen LogP contribution is -2.24. The summed E-state index contributed by atoms with van der Waals surface area (Å²) in [5.41, 5.74) is 1.47. The third kappa shape index (κ3) is 3.84. The minimum Gasteiger partial charge on any atom is -0.463 e. The van der Waals surface area contributed by atoms with Crippen molar-refractivity contribution in [2.75, 3.05) is 11.5 Å². The average Bonchev–Trinajstić information content (AvgIpc) is 3.39. The lowest BCUT2D eigenvalue weighted by atomic mass is 10.2. The molecule has 3 heterocycles. The highest BCUT2D eigenvalue weighted by Gasteiger charge is 2.32. The minimum absolute atomic E-state index is 0.0149. The maximum Gasteiger partial charge on any atom is 0.272 e. The number of hydrogen-bond donors (Lipinski definition) is 1. The van der Waals surface area contributed by atoms with Crippen LogP contribution in [0, 0.1) is 5.82 Å². The van der Waals surface area contributed by atoms with Gasteiger partial charge in [0.15, 0.2) is 21.3 Å². The van der Waals surface area contributed by atoms with Gasteiger partial charge in [0.25, 0.3) is 5.91 Å². The van der Waals surface area contributed by atoms with Gasteiger partial charge >= 0.3 is 0 Å². The predicted octanol–water partition coefficient (Wildman–Crippen LogP) is 2.57. The highest BCUT2D eigenvalue weighted by Crippen LogP contribution is 2.30. The Kier molecular flexibility index (Phi) is 4.76. The molecule has 3 aromatic rings. The second kappa shape index (κ2) is 7.23. The van der Waals surface area contributed by atoms with Crippen LogP contribution in [0.2, 0.25) is 0 Å². The summed E-state index contributed by atoms with van der Waals surface area (Å²) in [5, 5.41) is 7.10. The third-order valence-electron chi connectivity index (χ3n) is 4.66. The molecule has 0 saturated carbocycles. The molecular formula is C19H18FN3O4S. The van der Waals surface area contributed by atoms with E-state index in [4.69, 9.17) is 4.42 Å². The molecule has 28 heavy (non-hydrogen) atoms. The SMILES string of the molecule is O=C(NCc1ccc(F)cc1)c1cc(-c2ccco2)n(C2CCS(=O)(=O)C2)n1. The molecule has 0 spiro atoms. The lowest BCUT2D eigenvalue weighted by Gasteiger charge is -2.11. The van der Waals surface area contributed by atoms with Gasteiger partial charge in [-0.05, 0) is 36.2 Å². The number of benzene rings is 1. The lowest BCUT2D eigenvalue weighted by molar-refractivity contribution is 0.0945. The monoisotopic (exact) mass is 403 g/mol. The molecule has 1 N–H and O–H groups in total. The summed E-state index contributed by atoms with van der Waals surface area (Å²) in [5.74, 6) is -0.158. The van der Waals surface area contributed by atoms with Gasteiger partial charge in [0.05, 0.1) is 23.8 Å². The number of carbonyl (C=O) groups excluding carboxylic acids is 1. The van der Waals surface area contributed by atoms with Gasteiger partial charge in [0.1, 0.15) is 11.5 Å². The Morgan fingerprint density at radius 2 is 2.07 bits per heavy atom. The van der Waals surface area contributed by atoms with Crippen LogP contribution in [-0.2, 0) is 16.4 Å². The Hall–Kier alpha value is -2.94. The molecule has 1 fully saturated rings. The molecule has 7 nitrogen and oxygen atoms in total. The van der Waals surface area contributed by atoms with Crippen molar-refractivity contribution < 1.29 is 22.0 Å². The number of carbonyl (C=O) groups is 1. The largest absolute Gasteiger partial charge is 0.463 e. The van der Waals surface area contributed by atoms with E-state index in [1.165, 1.54) is 18.4 Å². The van der Waals surface area contributed by atoms with E-state index in [-0.39, 0.29) is 35.6 Å². The van der Waals surface area contributed by atoms with E-state index in [0.29, 0.717) is 17.9 Å². The first kappa shape index (κ1) is 18.4. The van der Waals surface area contributed by atoms with Crippen LogP contribution in [0.4, 0.5) is 4.39 Å². The Balaban J connectivity index is 1.58. The minimum atomic E-state index is -3.11. The maximum atomic E-state index is 13.0. The van der Waals surface area contributed by atoms with E-state index >= 15 is 0 Å². The van der Waals surface area contributed by atoms with E-state index < -0.39 is 15.7 Å². The van der Waals surface area contributed by atoms with Crippen LogP contribution in [-0.4, -0.2) is 35.6 Å². The van der Waals surface area contributed by atoms with Crippen LogP contribution in [0.1, 0.15) is 28.5 Å². The number of sulfone groups is 1. The van der Waals surface area contributed by atoms with Crippen molar-refractivity contribution in [3.05, 3.63) is 65.8 Å². The first-order valence-corrected chi connectivity index (χ1v) is 10.6. The van der Waals surface area contributed by atoms with Crippen LogP contribution in [0.5, 0.6) is 0 Å². The predicted molar refractivity (Wildman–Crippen MR) is 99.8 cm³/mol. The van der Waals surface area contributed by atoms with Crippen LogP contribution >= 0.6 is 0 Å². The van der Waals surface area contributed by atoms with Crippen molar-refractivity contribution in [2.24, 2.45) is 0 Å². The van der Waals surface area contributed by atoms with Crippen LogP contribution < -0.4 is 5.32 Å². The number of furan rings is 1. The molecule has 4 rings (SSSR count). The number of aromatic nitrogens is 2. The van der Waals surface area contributed by atoms with Gasteiger partial charge in [-0.1, -0.05) is 12.1 Å². The summed E-state index contributed by atoms with van der Waals surface area (Å²) >= 11 is 0. The van der Waals surface area contributed by atoms with Gasteiger partial charge < -0.3 is 9.73 Å². The van der Waals surface area contributed by atoms with Crippen molar-refractivity contribution in [1.29, 1.82) is 0 Å². The summed E-state index contributed by atoms with van der Waals surface area (Å²) in [6.45, 7) is 0.222. The smallest absolute Gasteiger partial charge is 0.272 e. The summed E-state index contributed by atoms with van der Waals surface area (Å²) in [6.07, 6.45) is 1.95. The first-order chi connectivity index (χ1) is 13.4. The number of nitrogens with one attached hydrogen (secondary N) is 1. The summed E-state index contributed by atoms with van der Waals surface area (Å²) in [4.78, 5) is 12.6. The Bertz CT molecular complexity index is 1090. The van der Waals surface area contributed by atoms with E-state index in [1.807, 2.05) is 0 Å². The first-order valence-electron chi connectivity index (χ1n) is 8.78. The number of amides is 1. The van der Waals surface area contributed by atoms with Gasteiger partial charge in [0, 0.05) is 12.6 Å². The summed E-state index contributed by atoms with van der Waals surface area (Å²) in [7, 11) is -3.11. The van der Waals surface area contributed by atoms with Gasteiger partial charge in [0.2, 0.25) is 0 Å². The molecule has 1 aliphatic heterocycles. The highest BCUT2D eigenvalue weighted by atomic mass is 32.2. The number of rotatable bonds is 5. The molecule has 1 aromatic carbocycles. The van der Waals surface area contributed by atoms with E-state index in [2.05, 4.69) is 10.4 Å². The molecule has 2 aromatic heterocycles. The molecular weight excluding hydrogens is 385 g/mol. The van der Waals surface area contributed by atoms with Crippen LogP contribution in [0.3, 0.4) is 0 Å². The zero-order valence-corrected chi connectivity index (χ0v) is 15.7. The second-order valence-corrected chi connectivity index (χ2v) is 8.93. The fourth-order valence-corrected chi connectivity index (χ4v) is 4.93. The topological polar surface area (TPSA) is 94.2 Å². The molecule has 1 atom stereocenters. The van der Waals surface area contributed by atoms with Crippen molar-refractivity contribution in [3.63, 3.8) is 0 Å². The van der Waals surface area contributed by atoms with E-state index in [0.717, 1.165) is 5.56 Å². The van der Waals surface area contributed by atoms with Crippen molar-refractivity contribution >= 4 is 15.7 Å². The van der Waals surface area contributed by atoms with Crippen molar-refractivity contribution in [3.8, 4) is 11.5 Å². The Morgan fingerprint density at radius 3 is 2.71 bits per heavy atom. The van der Waals surface area contributed by atoms with Crippen molar-refractivity contribution in [1.82, 2.24) is 15.1 Å². The summed E-state index contributed by atoms with van der Waals surface area (Å²) in [6, 6.07) is 10.5. The van der Waals surface area contributed by atoms with Gasteiger partial charge in [-0.3, -0.25) is 9.48 Å². The Labute approximate surface area is 161 Å². The van der Waals surface area contributed by atoms with Crippen molar-refractivity contribution in [2.45, 2.75) is 19.0 Å². The number of hydrogen-bond acceptors (Lipinski definition) is 5. The standard InChI is InChI=1S/C19H18FN3O4S/c20-14-5-3-13(4-6-14)11-21-19(24)16-10-17(18-2-1-8-27-18)23(22-16)15-7-9-28(25,26)12-15/h1-6,8,10,15H,7,9,11-12H2,(H,21,24). The second-order valence-electron chi connectivity index (χ2n) is 6.70. The highest BCUT2D eigenvalue weighted by molar-refractivity contribution is 7.91. The molecule has 0 bridgehead atoms. The average molecular weight is 403 g/mol. The van der Waals surface area contributed by atoms with Crippen LogP contribution in [0.25, 0.3) is 11.5 Å². The third-order valence-corrected chi connectivity index (χ3v) is 6.41. The molecule has 0 radical (unpaired) electrons. The molecule has 0 aliphatic carbocycles. The van der Waals surface area contributed by atoms with E-state index in [9.17, 15) is 17.6 Å². The maximum absolute atomic E-state index is 13.0. The fourth-order valence-electron chi connectivity index (χ4n) is 3.24. The summed E-state index contributed by atoms with van der Waals surface area (Å²) < 4.78 is 43.7. The molecule has 1 unspecified atom stereocenters. The molecule has 146 valence electrons. The van der Waals surface area contributed by atoms with E-state index in [1.54, 1.807) is 35.0 Å². The molecule has 1 saturated heterocycles. The quantitative estimate of drug-likeness (QED) is 0.707. The van der Waals surface area contributed by atoms with Gasteiger partial charge in [-0.2, -0.15) is 5.10 Å². The molecule has 1 amide bonds. The zero-order valence-electron chi connectivity index (χ0n) is 14.8.